The van der Waals surface area contributed by atoms with Crippen LogP contribution in [0.5, 0.6) is 0 Å². The molecule has 1 aliphatic rings. The van der Waals surface area contributed by atoms with Crippen LogP contribution in [0.15, 0.2) is 0 Å². The van der Waals surface area contributed by atoms with E-state index >= 15 is 0 Å². The molecule has 2 heteroatoms. The summed E-state index contributed by atoms with van der Waals surface area (Å²) in [6, 6.07) is 0. The summed E-state index contributed by atoms with van der Waals surface area (Å²) in [5.41, 5.74) is 0. The van der Waals surface area contributed by atoms with Crippen molar-refractivity contribution in [2.24, 2.45) is 0 Å². The van der Waals surface area contributed by atoms with Gasteiger partial charge in [0.1, 0.15) is 6.79 Å². The number of carbonyl (C=O) groups excluding carboxylic acids is 1. The highest BCUT2D eigenvalue weighted by Gasteiger charge is 2.06. The Balaban J connectivity index is 0.000000291. The molecule has 0 aromatic heterocycles. The van der Waals surface area contributed by atoms with Crippen LogP contribution in [-0.2, 0) is 4.79 Å². The van der Waals surface area contributed by atoms with Gasteiger partial charge in [-0.05, 0) is 32.5 Å². The van der Waals surface area contributed by atoms with Gasteiger partial charge in [-0.2, -0.15) is 0 Å². The summed E-state index contributed by atoms with van der Waals surface area (Å²) in [7, 11) is 0. The summed E-state index contributed by atoms with van der Waals surface area (Å²) in [4.78, 5) is 10.5. The maximum atomic E-state index is 8.00. The Hall–Kier alpha value is -0.370. The van der Waals surface area contributed by atoms with Gasteiger partial charge in [-0.15, -0.1) is 0 Å². The molecule has 9 heavy (non-hydrogen) atoms. The number of likely N-dealkylation sites (tertiary alicyclic amines) is 1. The van der Waals surface area contributed by atoms with Gasteiger partial charge in [-0.3, -0.25) is 0 Å². The Morgan fingerprint density at radius 1 is 1.33 bits per heavy atom. The van der Waals surface area contributed by atoms with Gasteiger partial charge in [0.2, 0.25) is 0 Å². The van der Waals surface area contributed by atoms with Crippen molar-refractivity contribution >= 4 is 6.79 Å². The third kappa shape index (κ3) is 3.25. The molecule has 0 aromatic rings. The van der Waals surface area contributed by atoms with Gasteiger partial charge in [-0.25, -0.2) is 0 Å². The molecule has 1 aliphatic heterocycles. The van der Waals surface area contributed by atoms with Crippen LogP contribution < -0.4 is 0 Å². The highest BCUT2D eigenvalue weighted by atomic mass is 16.1. The van der Waals surface area contributed by atoms with E-state index in [1.54, 1.807) is 0 Å². The molecule has 0 saturated carbocycles. The minimum absolute atomic E-state index is 1.25. The van der Waals surface area contributed by atoms with E-state index < -0.39 is 0 Å². The lowest BCUT2D eigenvalue weighted by molar-refractivity contribution is -0.0979. The standard InChI is InChI=1S/C6H13N.CH2O/c1-2-7-5-3-4-6-7;1-2/h2-6H2,1H3;1H2. The third-order valence-electron chi connectivity index (χ3n) is 1.65. The molecule has 1 rings (SSSR count). The summed E-state index contributed by atoms with van der Waals surface area (Å²) in [6.07, 6.45) is 2.85. The molecule has 0 aromatic carbocycles. The van der Waals surface area contributed by atoms with Crippen LogP contribution in [0.3, 0.4) is 0 Å². The van der Waals surface area contributed by atoms with E-state index in [2.05, 4.69) is 11.8 Å². The summed E-state index contributed by atoms with van der Waals surface area (Å²) in [5, 5.41) is 0. The van der Waals surface area contributed by atoms with Gasteiger partial charge in [0.05, 0.1) is 0 Å². The lowest BCUT2D eigenvalue weighted by Gasteiger charge is -2.08. The Morgan fingerprint density at radius 2 is 1.78 bits per heavy atom. The van der Waals surface area contributed by atoms with Crippen molar-refractivity contribution in [1.29, 1.82) is 0 Å². The van der Waals surface area contributed by atoms with Crippen LogP contribution in [0.2, 0.25) is 0 Å². The predicted octanol–water partition coefficient (Wildman–Crippen LogP) is 0.917. The van der Waals surface area contributed by atoms with Crippen molar-refractivity contribution < 1.29 is 4.79 Å². The topological polar surface area (TPSA) is 20.3 Å². The van der Waals surface area contributed by atoms with E-state index in [1.807, 2.05) is 6.79 Å². The molecule has 0 unspecified atom stereocenters. The monoisotopic (exact) mass is 129 g/mol. The first-order valence-corrected chi connectivity index (χ1v) is 3.44. The first-order valence-electron chi connectivity index (χ1n) is 3.44. The second-order valence-corrected chi connectivity index (χ2v) is 2.14. The average Bonchev–Trinajstić information content (AvgIpc) is 2.43. The van der Waals surface area contributed by atoms with Crippen molar-refractivity contribution in [3.63, 3.8) is 0 Å². The molecular formula is C7H15NO. The van der Waals surface area contributed by atoms with Crippen molar-refractivity contribution in [1.82, 2.24) is 4.90 Å². The van der Waals surface area contributed by atoms with E-state index in [-0.39, 0.29) is 0 Å². The number of nitrogens with zero attached hydrogens (tertiary/aromatic N) is 1. The molecule has 2 nitrogen and oxygen atoms in total. The molecule has 0 atom stereocenters. The van der Waals surface area contributed by atoms with Crippen molar-refractivity contribution in [3.8, 4) is 0 Å². The second-order valence-electron chi connectivity index (χ2n) is 2.14. The maximum Gasteiger partial charge on any atom is 0.106 e. The highest BCUT2D eigenvalue weighted by molar-refractivity contribution is 5.10. The molecule has 0 spiro atoms. The molecule has 1 heterocycles. The van der Waals surface area contributed by atoms with Crippen LogP contribution in [0, 0.1) is 0 Å². The summed E-state index contributed by atoms with van der Waals surface area (Å²) in [5.74, 6) is 0. The van der Waals surface area contributed by atoms with Gasteiger partial charge < -0.3 is 9.69 Å². The first-order chi connectivity index (χ1) is 4.43. The van der Waals surface area contributed by atoms with Crippen molar-refractivity contribution in [2.45, 2.75) is 19.8 Å². The average molecular weight is 129 g/mol. The van der Waals surface area contributed by atoms with Gasteiger partial charge in [0.25, 0.3) is 0 Å². The third-order valence-corrected chi connectivity index (χ3v) is 1.65. The normalized spacial score (nSPS) is 18.8. The first kappa shape index (κ1) is 8.63. The smallest absolute Gasteiger partial charge is 0.106 e. The molecule has 0 N–H and O–H groups in total. The van der Waals surface area contributed by atoms with E-state index in [0.29, 0.717) is 0 Å². The predicted molar refractivity (Wildman–Crippen MR) is 38.5 cm³/mol. The number of carbonyl (C=O) groups is 1. The molecule has 0 radical (unpaired) electrons. The van der Waals surface area contributed by atoms with Gasteiger partial charge in [0, 0.05) is 0 Å². The Morgan fingerprint density at radius 3 is 2.00 bits per heavy atom. The lowest BCUT2D eigenvalue weighted by atomic mass is 10.4. The molecule has 1 saturated heterocycles. The van der Waals surface area contributed by atoms with Crippen molar-refractivity contribution in [3.05, 3.63) is 0 Å². The van der Waals surface area contributed by atoms with Gasteiger partial charge >= 0.3 is 0 Å². The van der Waals surface area contributed by atoms with Gasteiger partial charge in [0.15, 0.2) is 0 Å². The molecule has 54 valence electrons. The van der Waals surface area contributed by atoms with Crippen LogP contribution >= 0.6 is 0 Å². The largest absolute Gasteiger partial charge is 0.307 e. The second kappa shape index (κ2) is 5.76. The number of hydrogen-bond donors (Lipinski definition) is 0. The molecule has 0 aliphatic carbocycles. The van der Waals surface area contributed by atoms with Crippen LogP contribution in [0.4, 0.5) is 0 Å². The fourth-order valence-electron chi connectivity index (χ4n) is 1.10. The molecule has 1 fully saturated rings. The Bertz CT molecular complexity index is 59.9. The van der Waals surface area contributed by atoms with Gasteiger partial charge in [-0.1, -0.05) is 6.92 Å². The lowest BCUT2D eigenvalue weighted by Crippen LogP contribution is -2.17. The quantitative estimate of drug-likeness (QED) is 0.524. The summed E-state index contributed by atoms with van der Waals surface area (Å²) >= 11 is 0. The van der Waals surface area contributed by atoms with E-state index in [0.717, 1.165) is 0 Å². The fourth-order valence-corrected chi connectivity index (χ4v) is 1.10. The zero-order valence-electron chi connectivity index (χ0n) is 6.10. The number of hydrogen-bond acceptors (Lipinski definition) is 2. The summed E-state index contributed by atoms with van der Waals surface area (Å²) < 4.78 is 0. The zero-order valence-corrected chi connectivity index (χ0v) is 6.10. The van der Waals surface area contributed by atoms with Crippen LogP contribution in [0.1, 0.15) is 19.8 Å². The van der Waals surface area contributed by atoms with Crippen LogP contribution in [-0.4, -0.2) is 31.3 Å². The Labute approximate surface area is 56.9 Å². The zero-order chi connectivity index (χ0) is 7.11. The Kier molecular flexibility index (Phi) is 5.52. The molecule has 0 bridgehead atoms. The molecular weight excluding hydrogens is 114 g/mol. The SMILES string of the molecule is C=O.CCN1CCCC1. The minimum Gasteiger partial charge on any atom is -0.307 e. The molecule has 0 amide bonds. The van der Waals surface area contributed by atoms with E-state index in [4.69, 9.17) is 4.79 Å². The fraction of sp³-hybridized carbons (Fsp3) is 0.857. The number of rotatable bonds is 1. The van der Waals surface area contributed by atoms with E-state index in [9.17, 15) is 0 Å². The minimum atomic E-state index is 1.25. The maximum absolute atomic E-state index is 8.00. The van der Waals surface area contributed by atoms with Crippen LogP contribution in [0.25, 0.3) is 0 Å². The van der Waals surface area contributed by atoms with E-state index in [1.165, 1.54) is 32.5 Å². The summed E-state index contributed by atoms with van der Waals surface area (Å²) in [6.45, 7) is 8.16. The highest BCUT2D eigenvalue weighted by Crippen LogP contribution is 2.04. The van der Waals surface area contributed by atoms with Crippen molar-refractivity contribution in [2.75, 3.05) is 19.6 Å².